The minimum Gasteiger partial charge on any atom is -0.490 e. The maximum Gasteiger partial charge on any atom is 0.511 e. The standard InChI is InChI=1S/C30H45BN3O11S4/c1-20(2)42-29(38)45-30(49-47-4)44-23-16-25(43-24(23)17-35)31-9-6-11-33-26(36)18-39-13-14-40-27(48-46-3)19-41-22-8-5-7-21(15-22)28(37)34-12-10-32/h5,7-8,15,20,23-25,27,30,35H,10-14,16-19,32H2,1-4H3,(H,33,36)(H,34,37)/t23-,24?,25-,27?,30-/m1/s1. The Hall–Kier alpha value is -1.99. The molecule has 1 heterocycles. The molecule has 14 nitrogen and oxygen atoms in total. The number of rotatable bonds is 23. The zero-order valence-electron chi connectivity index (χ0n) is 28.0. The van der Waals surface area contributed by atoms with E-state index in [1.165, 1.54) is 43.2 Å². The first-order valence-electron chi connectivity index (χ1n) is 15.4. The van der Waals surface area contributed by atoms with Crippen molar-refractivity contribution in [1.82, 2.24) is 10.6 Å². The van der Waals surface area contributed by atoms with Crippen LogP contribution in [0.2, 0.25) is 0 Å². The molecule has 0 bridgehead atoms. The topological polar surface area (TPSA) is 186 Å². The zero-order chi connectivity index (χ0) is 35.9. The highest BCUT2D eigenvalue weighted by Crippen LogP contribution is 2.32. The van der Waals surface area contributed by atoms with Crippen molar-refractivity contribution in [3.8, 4) is 17.5 Å². The van der Waals surface area contributed by atoms with Gasteiger partial charge in [0.25, 0.3) is 18.8 Å². The van der Waals surface area contributed by atoms with Gasteiger partial charge in [-0.05, 0) is 61.8 Å². The average molecular weight is 763 g/mol. The predicted octanol–water partition coefficient (Wildman–Crippen LogP) is 2.25. The van der Waals surface area contributed by atoms with Crippen molar-refractivity contribution in [2.24, 2.45) is 5.73 Å². The molecule has 19 heteroatoms. The molecule has 2 rings (SSSR count). The number of ether oxygens (including phenoxy) is 7. The third-order valence-electron chi connectivity index (χ3n) is 6.02. The third-order valence-corrected chi connectivity index (χ3v) is 9.53. The first kappa shape index (κ1) is 43.2. The van der Waals surface area contributed by atoms with E-state index in [1.54, 1.807) is 45.4 Å². The van der Waals surface area contributed by atoms with Gasteiger partial charge in [0.2, 0.25) is 5.91 Å². The molecule has 1 aliphatic rings. The van der Waals surface area contributed by atoms with E-state index in [0.29, 0.717) is 30.8 Å². The van der Waals surface area contributed by atoms with Crippen molar-refractivity contribution in [3.05, 3.63) is 29.8 Å². The molecule has 1 aromatic carbocycles. The molecule has 1 fully saturated rings. The van der Waals surface area contributed by atoms with Gasteiger partial charge in [-0.2, -0.15) is 5.82 Å². The van der Waals surface area contributed by atoms with Crippen molar-refractivity contribution >= 4 is 68.4 Å². The van der Waals surface area contributed by atoms with Crippen LogP contribution in [-0.2, 0) is 33.2 Å². The molecule has 1 aliphatic heterocycles. The fraction of sp³-hybridized carbons (Fsp3) is 0.633. The van der Waals surface area contributed by atoms with Crippen LogP contribution in [0.3, 0.4) is 0 Å². The monoisotopic (exact) mass is 762 g/mol. The van der Waals surface area contributed by atoms with Crippen molar-refractivity contribution in [2.45, 2.75) is 55.6 Å². The second-order valence-electron chi connectivity index (χ2n) is 10.2. The number of nitrogens with two attached hydrogens (primary N) is 1. The largest absolute Gasteiger partial charge is 0.511 e. The van der Waals surface area contributed by atoms with Gasteiger partial charge in [0.15, 0.2) is 0 Å². The maximum atomic E-state index is 12.2. The molecule has 2 amide bonds. The quantitative estimate of drug-likeness (QED) is 0.0318. The highest BCUT2D eigenvalue weighted by atomic mass is 33.1. The Labute approximate surface area is 304 Å². The van der Waals surface area contributed by atoms with Crippen LogP contribution < -0.4 is 21.1 Å². The Morgan fingerprint density at radius 1 is 1.14 bits per heavy atom. The molecule has 5 atom stereocenters. The Morgan fingerprint density at radius 3 is 2.65 bits per heavy atom. The summed E-state index contributed by atoms with van der Waals surface area (Å²) in [7, 11) is 7.19. The lowest BCUT2D eigenvalue weighted by atomic mass is 9.71. The first-order valence-corrected chi connectivity index (χ1v) is 20.6. The van der Waals surface area contributed by atoms with Crippen LogP contribution in [0, 0.1) is 11.7 Å². The van der Waals surface area contributed by atoms with E-state index in [1.807, 2.05) is 12.5 Å². The van der Waals surface area contributed by atoms with Crippen LogP contribution in [0.4, 0.5) is 4.79 Å². The van der Waals surface area contributed by atoms with Gasteiger partial charge in [-0.1, -0.05) is 44.4 Å². The minimum atomic E-state index is -0.945. The maximum absolute atomic E-state index is 12.2. The second kappa shape index (κ2) is 25.9. The summed E-state index contributed by atoms with van der Waals surface area (Å²) in [5.74, 6) is 5.67. The Balaban J connectivity index is 1.64. The fourth-order valence-electron chi connectivity index (χ4n) is 3.94. The number of carbonyl (C=O) groups is 3. The summed E-state index contributed by atoms with van der Waals surface area (Å²) in [5.41, 5.74) is 4.67. The number of carbonyl (C=O) groups excluding carboxylic acids is 3. The van der Waals surface area contributed by atoms with Crippen molar-refractivity contribution < 1.29 is 52.6 Å². The number of hydrogen-bond acceptors (Lipinski definition) is 16. The number of hydrogen-bond donors (Lipinski definition) is 4. The van der Waals surface area contributed by atoms with E-state index in [-0.39, 0.29) is 62.9 Å². The van der Waals surface area contributed by atoms with Gasteiger partial charge in [-0.15, -0.1) is 0 Å². The predicted molar refractivity (Wildman–Crippen MR) is 194 cm³/mol. The summed E-state index contributed by atoms with van der Waals surface area (Å²) in [6.07, 6.45) is 1.79. The summed E-state index contributed by atoms with van der Waals surface area (Å²) >= 11 is 0. The molecule has 0 saturated carbocycles. The van der Waals surface area contributed by atoms with Gasteiger partial charge in [-0.3, -0.25) is 9.59 Å². The molecular weight excluding hydrogens is 717 g/mol. The molecule has 49 heavy (non-hydrogen) atoms. The smallest absolute Gasteiger partial charge is 0.490 e. The summed E-state index contributed by atoms with van der Waals surface area (Å²) in [6, 6.07) is 6.44. The van der Waals surface area contributed by atoms with E-state index in [4.69, 9.17) is 38.9 Å². The Kier molecular flexibility index (Phi) is 22.8. The van der Waals surface area contributed by atoms with Gasteiger partial charge in [0.1, 0.15) is 30.5 Å². The lowest BCUT2D eigenvalue weighted by Gasteiger charge is -2.23. The molecule has 1 aromatic rings. The van der Waals surface area contributed by atoms with Crippen LogP contribution in [-0.4, -0.2) is 131 Å². The molecule has 1 saturated heterocycles. The van der Waals surface area contributed by atoms with Gasteiger partial charge in [0.05, 0.1) is 38.6 Å². The number of nitrogens with one attached hydrogen (secondary N) is 2. The fourth-order valence-corrected chi connectivity index (χ4v) is 6.60. The van der Waals surface area contributed by atoms with Crippen LogP contribution in [0.5, 0.6) is 5.75 Å². The number of aliphatic hydroxyl groups is 1. The second-order valence-corrected chi connectivity index (χ2v) is 15.3. The molecule has 5 N–H and O–H groups in total. The van der Waals surface area contributed by atoms with E-state index in [2.05, 4.69) is 22.4 Å². The number of benzene rings is 1. The summed E-state index contributed by atoms with van der Waals surface area (Å²) in [4.78, 5) is 36.2. The van der Waals surface area contributed by atoms with E-state index < -0.39 is 30.0 Å². The van der Waals surface area contributed by atoms with Gasteiger partial charge in [0, 0.05) is 24.7 Å². The van der Waals surface area contributed by atoms with Crippen LogP contribution in [0.1, 0.15) is 30.6 Å². The van der Waals surface area contributed by atoms with Gasteiger partial charge in [-0.25, -0.2) is 4.79 Å². The molecule has 0 spiro atoms. The average Bonchev–Trinajstić information content (AvgIpc) is 3.46. The molecule has 0 aliphatic carbocycles. The van der Waals surface area contributed by atoms with Crippen molar-refractivity contribution in [1.29, 1.82) is 0 Å². The first-order chi connectivity index (χ1) is 23.7. The number of amides is 2. The lowest BCUT2D eigenvalue weighted by Crippen LogP contribution is -2.32. The van der Waals surface area contributed by atoms with Crippen LogP contribution >= 0.6 is 43.2 Å². The van der Waals surface area contributed by atoms with E-state index in [9.17, 15) is 19.5 Å². The van der Waals surface area contributed by atoms with Crippen molar-refractivity contribution in [3.63, 3.8) is 0 Å². The summed E-state index contributed by atoms with van der Waals surface area (Å²) in [5, 5.41) is 15.1. The third kappa shape index (κ3) is 18.7. The van der Waals surface area contributed by atoms with Gasteiger partial charge < -0.3 is 54.6 Å². The lowest BCUT2D eigenvalue weighted by molar-refractivity contribution is -0.126. The SMILES string of the molecule is CSSC(COc1cccc(C(=O)NCCN)c1)OCCOCC(=O)NCC#C[B][C@H]1C[C@@H](O[C@H](OC(=O)OC(C)C)SSC)C(CO)O1. The van der Waals surface area contributed by atoms with Crippen LogP contribution in [0.15, 0.2) is 24.3 Å². The van der Waals surface area contributed by atoms with Crippen LogP contribution in [0.25, 0.3) is 0 Å². The molecule has 1 radical (unpaired) electrons. The summed E-state index contributed by atoms with van der Waals surface area (Å²) < 4.78 is 39.0. The Bertz CT molecular complexity index is 1200. The zero-order valence-corrected chi connectivity index (χ0v) is 31.2. The highest BCUT2D eigenvalue weighted by Gasteiger charge is 2.38. The van der Waals surface area contributed by atoms with Gasteiger partial charge >= 0.3 is 6.16 Å². The number of aliphatic hydroxyl groups excluding tert-OH is 1. The normalized spacial score (nSPS) is 18.1. The Morgan fingerprint density at radius 2 is 1.94 bits per heavy atom. The highest BCUT2D eigenvalue weighted by molar-refractivity contribution is 8.76. The van der Waals surface area contributed by atoms with Crippen molar-refractivity contribution in [2.75, 3.05) is 65.2 Å². The minimum absolute atomic E-state index is 0.100. The molecule has 2 unspecified atom stereocenters. The molecule has 273 valence electrons. The molecular formula is C30H45BN3O11S4. The summed E-state index contributed by atoms with van der Waals surface area (Å²) in [6.45, 7) is 4.52. The molecule has 0 aromatic heterocycles. The van der Waals surface area contributed by atoms with E-state index in [0.717, 1.165) is 0 Å². The van der Waals surface area contributed by atoms with E-state index >= 15 is 0 Å².